The lowest BCUT2D eigenvalue weighted by Gasteiger charge is -2.37. The van der Waals surface area contributed by atoms with Gasteiger partial charge in [-0.2, -0.15) is 10.5 Å². The molecule has 4 rings (SSSR count). The van der Waals surface area contributed by atoms with Crippen molar-refractivity contribution in [3.63, 3.8) is 0 Å². The molecule has 0 spiro atoms. The molecular weight excluding hydrogens is 528 g/mol. The largest absolute Gasteiger partial charge is 0.489 e. The number of halogens is 2. The fourth-order valence-electron chi connectivity index (χ4n) is 5.28. The number of nitrogens with one attached hydrogen (secondary N) is 1. The van der Waals surface area contributed by atoms with Crippen LogP contribution in [0.3, 0.4) is 0 Å². The summed E-state index contributed by atoms with van der Waals surface area (Å²) in [5.41, 5.74) is 2.45. The number of alkyl halides is 2. The van der Waals surface area contributed by atoms with Crippen molar-refractivity contribution in [2.24, 2.45) is 5.41 Å². The molecule has 1 aliphatic heterocycles. The number of amides is 2. The standard InChI is InChI=1S/C31H35F2N5O3/c1-30(8-10-31(32,33)11-9-30)17-28(39)36-20-29(40)38-14-12-37(13-15-38)21-26-16-25(19-35)6-7-27(26)41-22-24-4-2-23(18-34)3-5-24/h2-7,16H,8-15,17,20-22H2,1H3,(H,36,39). The highest BCUT2D eigenvalue weighted by Gasteiger charge is 2.41. The van der Waals surface area contributed by atoms with Crippen LogP contribution in [0.15, 0.2) is 42.5 Å². The Bertz CT molecular complexity index is 1310. The van der Waals surface area contributed by atoms with Gasteiger partial charge in [0.25, 0.3) is 0 Å². The van der Waals surface area contributed by atoms with E-state index in [1.807, 2.05) is 25.1 Å². The van der Waals surface area contributed by atoms with Gasteiger partial charge >= 0.3 is 0 Å². The van der Waals surface area contributed by atoms with Gasteiger partial charge in [-0.25, -0.2) is 8.78 Å². The second kappa shape index (κ2) is 13.1. The van der Waals surface area contributed by atoms with E-state index in [4.69, 9.17) is 10.00 Å². The zero-order valence-corrected chi connectivity index (χ0v) is 23.3. The first-order valence-corrected chi connectivity index (χ1v) is 13.9. The fraction of sp³-hybridized carbons (Fsp3) is 0.484. The quantitative estimate of drug-likeness (QED) is 0.485. The predicted molar refractivity (Wildman–Crippen MR) is 148 cm³/mol. The van der Waals surface area contributed by atoms with Crippen LogP contribution in [-0.2, 0) is 22.7 Å². The summed E-state index contributed by atoms with van der Waals surface area (Å²) in [4.78, 5) is 29.1. The number of hydrogen-bond donors (Lipinski definition) is 1. The van der Waals surface area contributed by atoms with E-state index < -0.39 is 11.3 Å². The van der Waals surface area contributed by atoms with Crippen molar-refractivity contribution >= 4 is 11.8 Å². The maximum atomic E-state index is 13.5. The van der Waals surface area contributed by atoms with E-state index in [1.165, 1.54) is 0 Å². The van der Waals surface area contributed by atoms with Gasteiger partial charge in [-0.3, -0.25) is 14.5 Å². The molecule has 41 heavy (non-hydrogen) atoms. The Hall–Kier alpha value is -4.02. The van der Waals surface area contributed by atoms with Crippen LogP contribution in [0.25, 0.3) is 0 Å². The van der Waals surface area contributed by atoms with E-state index in [1.54, 1.807) is 29.2 Å². The molecular formula is C31H35F2N5O3. The first-order chi connectivity index (χ1) is 19.6. The number of carbonyl (C=O) groups excluding carboxylic acids is 2. The molecule has 1 aliphatic carbocycles. The monoisotopic (exact) mass is 563 g/mol. The third-order valence-electron chi connectivity index (χ3n) is 8.00. The molecule has 8 nitrogen and oxygen atoms in total. The highest BCUT2D eigenvalue weighted by molar-refractivity contribution is 5.85. The van der Waals surface area contributed by atoms with Crippen molar-refractivity contribution in [3.05, 3.63) is 64.7 Å². The molecule has 2 fully saturated rings. The Labute approximate surface area is 239 Å². The van der Waals surface area contributed by atoms with Crippen molar-refractivity contribution < 1.29 is 23.1 Å². The van der Waals surface area contributed by atoms with Crippen LogP contribution in [0.5, 0.6) is 5.75 Å². The Morgan fingerprint density at radius 2 is 1.59 bits per heavy atom. The molecule has 1 saturated carbocycles. The number of piperazine rings is 1. The SMILES string of the molecule is CC1(CC(=O)NCC(=O)N2CCN(Cc3cc(C#N)ccc3OCc3ccc(C#N)cc3)CC2)CCC(F)(F)CC1. The van der Waals surface area contributed by atoms with Crippen molar-refractivity contribution in [2.45, 2.75) is 58.1 Å². The van der Waals surface area contributed by atoms with Crippen LogP contribution in [0.1, 0.15) is 61.3 Å². The number of nitriles is 2. The molecule has 10 heteroatoms. The Morgan fingerprint density at radius 3 is 2.22 bits per heavy atom. The van der Waals surface area contributed by atoms with Crippen LogP contribution in [0.4, 0.5) is 8.78 Å². The fourth-order valence-corrected chi connectivity index (χ4v) is 5.28. The average molecular weight is 564 g/mol. The molecule has 0 atom stereocenters. The van der Waals surface area contributed by atoms with Gasteiger partial charge in [-0.1, -0.05) is 19.1 Å². The minimum atomic E-state index is -2.65. The maximum absolute atomic E-state index is 13.5. The smallest absolute Gasteiger partial charge is 0.248 e. The second-order valence-corrected chi connectivity index (χ2v) is 11.3. The average Bonchev–Trinajstić information content (AvgIpc) is 2.97. The summed E-state index contributed by atoms with van der Waals surface area (Å²) in [6, 6.07) is 16.8. The lowest BCUT2D eigenvalue weighted by atomic mass is 9.72. The van der Waals surface area contributed by atoms with E-state index in [9.17, 15) is 23.6 Å². The number of benzene rings is 2. The van der Waals surface area contributed by atoms with Crippen molar-refractivity contribution in [1.82, 2.24) is 15.1 Å². The molecule has 0 unspecified atom stereocenters. The molecule has 2 aromatic rings. The zero-order chi connectivity index (χ0) is 29.5. The van der Waals surface area contributed by atoms with Gasteiger partial charge in [0.1, 0.15) is 12.4 Å². The Balaban J connectivity index is 1.24. The van der Waals surface area contributed by atoms with Crippen LogP contribution in [0, 0.1) is 28.1 Å². The summed E-state index contributed by atoms with van der Waals surface area (Å²) < 4.78 is 33.0. The molecule has 1 saturated heterocycles. The third kappa shape index (κ3) is 8.48. The highest BCUT2D eigenvalue weighted by atomic mass is 19.3. The van der Waals surface area contributed by atoms with Crippen molar-refractivity contribution in [2.75, 3.05) is 32.7 Å². The maximum Gasteiger partial charge on any atom is 0.248 e. The minimum Gasteiger partial charge on any atom is -0.489 e. The van der Waals surface area contributed by atoms with E-state index in [2.05, 4.69) is 22.4 Å². The molecule has 0 aromatic heterocycles. The lowest BCUT2D eigenvalue weighted by Crippen LogP contribution is -2.51. The van der Waals surface area contributed by atoms with Gasteiger partial charge in [0, 0.05) is 57.5 Å². The molecule has 1 heterocycles. The summed E-state index contributed by atoms with van der Waals surface area (Å²) in [7, 11) is 0. The normalized spacial score (nSPS) is 18.1. The number of ether oxygens (including phenoxy) is 1. The molecule has 2 aromatic carbocycles. The van der Waals surface area contributed by atoms with Gasteiger partial charge in [0.2, 0.25) is 17.7 Å². The van der Waals surface area contributed by atoms with E-state index in [-0.39, 0.29) is 37.6 Å². The molecule has 0 radical (unpaired) electrons. The van der Waals surface area contributed by atoms with Gasteiger partial charge in [0.05, 0.1) is 29.8 Å². The summed E-state index contributed by atoms with van der Waals surface area (Å²) in [5, 5.41) is 21.1. The predicted octanol–water partition coefficient (Wildman–Crippen LogP) is 4.38. The summed E-state index contributed by atoms with van der Waals surface area (Å²) in [6.07, 6.45) is 0.324. The highest BCUT2D eigenvalue weighted by Crippen LogP contribution is 2.45. The third-order valence-corrected chi connectivity index (χ3v) is 8.00. The van der Waals surface area contributed by atoms with Crippen LogP contribution < -0.4 is 10.1 Å². The molecule has 2 amide bonds. The van der Waals surface area contributed by atoms with Crippen LogP contribution in [0.2, 0.25) is 0 Å². The number of hydrogen-bond acceptors (Lipinski definition) is 6. The Morgan fingerprint density at radius 1 is 0.951 bits per heavy atom. The van der Waals surface area contributed by atoms with Crippen LogP contribution >= 0.6 is 0 Å². The van der Waals surface area contributed by atoms with Gasteiger partial charge in [0.15, 0.2) is 0 Å². The van der Waals surface area contributed by atoms with Crippen molar-refractivity contribution in [3.8, 4) is 17.9 Å². The lowest BCUT2D eigenvalue weighted by molar-refractivity contribution is -0.135. The summed E-state index contributed by atoms with van der Waals surface area (Å²) in [5.74, 6) is -2.43. The molecule has 1 N–H and O–H groups in total. The molecule has 216 valence electrons. The van der Waals surface area contributed by atoms with Crippen molar-refractivity contribution in [1.29, 1.82) is 10.5 Å². The van der Waals surface area contributed by atoms with E-state index in [0.29, 0.717) is 69.0 Å². The van der Waals surface area contributed by atoms with E-state index >= 15 is 0 Å². The van der Waals surface area contributed by atoms with Gasteiger partial charge in [-0.15, -0.1) is 0 Å². The first kappa shape index (κ1) is 30.0. The van der Waals surface area contributed by atoms with Gasteiger partial charge < -0.3 is 15.0 Å². The summed E-state index contributed by atoms with van der Waals surface area (Å²) in [6.45, 7) is 4.87. The topological polar surface area (TPSA) is 109 Å². The first-order valence-electron chi connectivity index (χ1n) is 13.9. The van der Waals surface area contributed by atoms with Crippen LogP contribution in [-0.4, -0.2) is 60.3 Å². The van der Waals surface area contributed by atoms with Gasteiger partial charge in [-0.05, 0) is 54.2 Å². The number of rotatable bonds is 9. The second-order valence-electron chi connectivity index (χ2n) is 11.3. The Kier molecular flexibility index (Phi) is 9.57. The zero-order valence-electron chi connectivity index (χ0n) is 23.3. The molecule has 0 bridgehead atoms. The molecule has 2 aliphatic rings. The minimum absolute atomic E-state index is 0.109. The number of nitrogens with zero attached hydrogens (tertiary/aromatic N) is 4. The van der Waals surface area contributed by atoms with E-state index in [0.717, 1.165) is 11.1 Å². The summed E-state index contributed by atoms with van der Waals surface area (Å²) >= 11 is 0. The number of carbonyl (C=O) groups is 2.